The van der Waals surface area contributed by atoms with E-state index < -0.39 is 0 Å². The molecule has 4 N–H and O–H groups in total. The summed E-state index contributed by atoms with van der Waals surface area (Å²) in [6.07, 6.45) is 0. The van der Waals surface area contributed by atoms with Crippen LogP contribution in [0.5, 0.6) is 23.0 Å². The fourth-order valence-electron chi connectivity index (χ4n) is 4.13. The molecular formula is C27H32O4. The van der Waals surface area contributed by atoms with Gasteiger partial charge in [0, 0.05) is 5.92 Å². The first-order valence-electron chi connectivity index (χ1n) is 10.5. The summed E-state index contributed by atoms with van der Waals surface area (Å²) in [6, 6.07) is 16.4. The Labute approximate surface area is 184 Å². The molecule has 0 amide bonds. The predicted octanol–water partition coefficient (Wildman–Crippen LogP) is 6.28. The molecule has 0 radical (unpaired) electrons. The summed E-state index contributed by atoms with van der Waals surface area (Å²) in [6.45, 7) is 12.4. The van der Waals surface area contributed by atoms with Crippen LogP contribution in [0.1, 0.15) is 75.3 Å². The molecule has 0 unspecified atom stereocenters. The van der Waals surface area contributed by atoms with E-state index >= 15 is 0 Å². The second kappa shape index (κ2) is 7.84. The van der Waals surface area contributed by atoms with Gasteiger partial charge in [0.1, 0.15) is 0 Å². The van der Waals surface area contributed by atoms with Crippen molar-refractivity contribution in [3.63, 3.8) is 0 Å². The van der Waals surface area contributed by atoms with Gasteiger partial charge in [-0.2, -0.15) is 0 Å². The quantitative estimate of drug-likeness (QED) is 0.297. The lowest BCUT2D eigenvalue weighted by molar-refractivity contribution is 0.399. The molecule has 3 rings (SSSR count). The Morgan fingerprint density at radius 2 is 0.903 bits per heavy atom. The van der Waals surface area contributed by atoms with E-state index in [0.717, 1.165) is 27.8 Å². The standard InChI is InChI=1S/C27H32O4/c1-26(2,3)19-14-23(30)21(28)12-17(19)25(16-10-8-7-9-11-16)18-13-22(29)24(31)15-20(18)27(4,5)6/h7-15,25,28-31H,1-6H3. The smallest absolute Gasteiger partial charge is 0.157 e. The summed E-state index contributed by atoms with van der Waals surface area (Å²) in [4.78, 5) is 0. The van der Waals surface area contributed by atoms with E-state index in [2.05, 4.69) is 41.5 Å². The van der Waals surface area contributed by atoms with E-state index in [-0.39, 0.29) is 39.7 Å². The molecule has 0 saturated heterocycles. The van der Waals surface area contributed by atoms with Crippen molar-refractivity contribution >= 4 is 0 Å². The van der Waals surface area contributed by atoms with Crippen LogP contribution in [0.2, 0.25) is 0 Å². The van der Waals surface area contributed by atoms with Crippen LogP contribution in [-0.2, 0) is 10.8 Å². The van der Waals surface area contributed by atoms with E-state index in [1.54, 1.807) is 24.3 Å². The average Bonchev–Trinajstić information content (AvgIpc) is 2.66. The third-order valence-electron chi connectivity index (χ3n) is 5.66. The highest BCUT2D eigenvalue weighted by Gasteiger charge is 2.31. The maximum absolute atomic E-state index is 10.4. The van der Waals surface area contributed by atoms with Gasteiger partial charge in [-0.3, -0.25) is 0 Å². The number of rotatable bonds is 3. The minimum atomic E-state index is -0.331. The van der Waals surface area contributed by atoms with Gasteiger partial charge >= 0.3 is 0 Å². The summed E-state index contributed by atoms with van der Waals surface area (Å²) in [5, 5.41) is 41.3. The van der Waals surface area contributed by atoms with Crippen molar-refractivity contribution in [2.24, 2.45) is 0 Å². The lowest BCUT2D eigenvalue weighted by atomic mass is 9.72. The maximum atomic E-state index is 10.4. The largest absolute Gasteiger partial charge is 0.504 e. The van der Waals surface area contributed by atoms with Gasteiger partial charge in [-0.05, 0) is 62.9 Å². The van der Waals surface area contributed by atoms with E-state index in [4.69, 9.17) is 0 Å². The summed E-state index contributed by atoms with van der Waals surface area (Å²) in [5.74, 6) is -1.04. The van der Waals surface area contributed by atoms with Crippen molar-refractivity contribution in [1.82, 2.24) is 0 Å². The molecule has 3 aromatic carbocycles. The highest BCUT2D eigenvalue weighted by molar-refractivity contribution is 5.59. The number of phenols is 4. The molecule has 0 aromatic heterocycles. The Hall–Kier alpha value is -3.14. The van der Waals surface area contributed by atoms with E-state index in [9.17, 15) is 20.4 Å². The van der Waals surface area contributed by atoms with Crippen LogP contribution in [0.25, 0.3) is 0 Å². The Bertz CT molecular complexity index is 1020. The van der Waals surface area contributed by atoms with E-state index in [1.165, 1.54) is 0 Å². The van der Waals surface area contributed by atoms with Crippen LogP contribution >= 0.6 is 0 Å². The average molecular weight is 421 g/mol. The zero-order chi connectivity index (χ0) is 23.1. The molecule has 0 fully saturated rings. The summed E-state index contributed by atoms with van der Waals surface area (Å²) < 4.78 is 0. The van der Waals surface area contributed by atoms with Gasteiger partial charge in [0.2, 0.25) is 0 Å². The molecular weight excluding hydrogens is 388 g/mol. The first-order valence-corrected chi connectivity index (χ1v) is 10.5. The van der Waals surface area contributed by atoms with Crippen LogP contribution in [0.4, 0.5) is 0 Å². The van der Waals surface area contributed by atoms with Gasteiger partial charge in [-0.1, -0.05) is 71.9 Å². The fourth-order valence-corrected chi connectivity index (χ4v) is 4.13. The number of aromatic hydroxyl groups is 4. The number of hydrogen-bond donors (Lipinski definition) is 4. The Balaban J connectivity index is 2.46. The second-order valence-electron chi connectivity index (χ2n) is 10.2. The summed E-state index contributed by atoms with van der Waals surface area (Å²) >= 11 is 0. The molecule has 0 atom stereocenters. The van der Waals surface area contributed by atoms with Crippen molar-refractivity contribution in [3.05, 3.63) is 82.4 Å². The van der Waals surface area contributed by atoms with Gasteiger partial charge in [0.15, 0.2) is 23.0 Å². The van der Waals surface area contributed by atoms with Crippen LogP contribution < -0.4 is 0 Å². The van der Waals surface area contributed by atoms with Crippen molar-refractivity contribution in [3.8, 4) is 23.0 Å². The number of phenolic OH excluding ortho intramolecular Hbond substituents is 4. The SMILES string of the molecule is CC(C)(C)c1cc(O)c(O)cc1C(c1ccccc1)c1cc(O)c(O)cc1C(C)(C)C. The second-order valence-corrected chi connectivity index (χ2v) is 10.2. The molecule has 164 valence electrons. The summed E-state index contributed by atoms with van der Waals surface area (Å²) in [7, 11) is 0. The molecule has 0 heterocycles. The molecule has 0 bridgehead atoms. The highest BCUT2D eigenvalue weighted by atomic mass is 16.3. The Morgan fingerprint density at radius 3 is 1.26 bits per heavy atom. The van der Waals surface area contributed by atoms with Crippen LogP contribution in [0.3, 0.4) is 0 Å². The lowest BCUT2D eigenvalue weighted by Gasteiger charge is -2.32. The van der Waals surface area contributed by atoms with Crippen LogP contribution in [-0.4, -0.2) is 20.4 Å². The molecule has 0 spiro atoms. The summed E-state index contributed by atoms with van der Waals surface area (Å²) in [5.41, 5.74) is 3.82. The van der Waals surface area contributed by atoms with Gasteiger partial charge in [-0.25, -0.2) is 0 Å². The normalized spacial score (nSPS) is 12.4. The van der Waals surface area contributed by atoms with Crippen molar-refractivity contribution < 1.29 is 20.4 Å². The molecule has 31 heavy (non-hydrogen) atoms. The third-order valence-corrected chi connectivity index (χ3v) is 5.66. The highest BCUT2D eigenvalue weighted by Crippen LogP contribution is 2.47. The zero-order valence-corrected chi connectivity index (χ0v) is 19.1. The minimum Gasteiger partial charge on any atom is -0.504 e. The Morgan fingerprint density at radius 1 is 0.548 bits per heavy atom. The van der Waals surface area contributed by atoms with Gasteiger partial charge in [0.05, 0.1) is 0 Å². The molecule has 0 aliphatic rings. The van der Waals surface area contributed by atoms with Crippen LogP contribution in [0, 0.1) is 0 Å². The monoisotopic (exact) mass is 420 g/mol. The number of benzene rings is 3. The minimum absolute atomic E-state index is 0.162. The predicted molar refractivity (Wildman–Crippen MR) is 124 cm³/mol. The Kier molecular flexibility index (Phi) is 5.70. The van der Waals surface area contributed by atoms with Crippen molar-refractivity contribution in [2.45, 2.75) is 58.3 Å². The van der Waals surface area contributed by atoms with Crippen molar-refractivity contribution in [2.75, 3.05) is 0 Å². The van der Waals surface area contributed by atoms with Crippen LogP contribution in [0.15, 0.2) is 54.6 Å². The number of hydrogen-bond acceptors (Lipinski definition) is 4. The van der Waals surface area contributed by atoms with Gasteiger partial charge in [0.25, 0.3) is 0 Å². The third kappa shape index (κ3) is 4.48. The molecule has 4 heteroatoms. The van der Waals surface area contributed by atoms with E-state index in [1.807, 2.05) is 30.3 Å². The fraction of sp³-hybridized carbons (Fsp3) is 0.333. The van der Waals surface area contributed by atoms with E-state index in [0.29, 0.717) is 0 Å². The molecule has 0 aliphatic heterocycles. The first-order chi connectivity index (χ1) is 14.3. The molecule has 0 aliphatic carbocycles. The van der Waals surface area contributed by atoms with Gasteiger partial charge in [-0.15, -0.1) is 0 Å². The zero-order valence-electron chi connectivity index (χ0n) is 19.1. The van der Waals surface area contributed by atoms with Gasteiger partial charge < -0.3 is 20.4 Å². The maximum Gasteiger partial charge on any atom is 0.157 e. The molecule has 3 aromatic rings. The first kappa shape index (κ1) is 22.5. The molecule has 0 saturated carbocycles. The van der Waals surface area contributed by atoms with Crippen molar-refractivity contribution in [1.29, 1.82) is 0 Å². The molecule has 4 nitrogen and oxygen atoms in total. The topological polar surface area (TPSA) is 80.9 Å². The lowest BCUT2D eigenvalue weighted by Crippen LogP contribution is -2.21.